The number of fused-ring (bicyclic) bond motifs is 4. The number of hydrogen-bond acceptors (Lipinski definition) is 2. The second-order valence-electron chi connectivity index (χ2n) is 6.79. The van der Waals surface area contributed by atoms with Crippen molar-refractivity contribution in [1.82, 2.24) is 9.80 Å². The summed E-state index contributed by atoms with van der Waals surface area (Å²) in [6.45, 7) is 17.1. The van der Waals surface area contributed by atoms with Crippen LogP contribution in [-0.2, 0) is 0 Å². The summed E-state index contributed by atoms with van der Waals surface area (Å²) in [5.41, 5.74) is 0.586. The van der Waals surface area contributed by atoms with E-state index in [1.807, 2.05) is 0 Å². The molecule has 18 heavy (non-hydrogen) atoms. The van der Waals surface area contributed by atoms with Gasteiger partial charge in [-0.05, 0) is 51.0 Å². The van der Waals surface area contributed by atoms with Gasteiger partial charge in [0.05, 0.1) is 0 Å². The van der Waals surface area contributed by atoms with Crippen molar-refractivity contribution in [2.24, 2.45) is 11.3 Å². The molecule has 3 rings (SSSR count). The summed E-state index contributed by atoms with van der Waals surface area (Å²) in [5.74, 6) is 0.894. The highest BCUT2D eigenvalue weighted by atomic mass is 15.3. The molecule has 0 saturated carbocycles. The molecule has 3 fully saturated rings. The summed E-state index contributed by atoms with van der Waals surface area (Å²) in [7, 11) is 0. The Kier molecular flexibility index (Phi) is 4.38. The summed E-state index contributed by atoms with van der Waals surface area (Å²) in [6.07, 6.45) is 4.17. The SMILES string of the molecule is CCN1CC2CN(C(C)C)CC1C(CC)(CC)C2. The van der Waals surface area contributed by atoms with Crippen molar-refractivity contribution in [2.45, 2.75) is 66.0 Å². The lowest BCUT2D eigenvalue weighted by molar-refractivity contribution is -0.00319. The standard InChI is InChI=1S/C16H32N2/c1-6-16(7-2)9-14-10-17(8-3)15(16)12-18(11-14)13(4)5/h13-15H,6-12H2,1-5H3. The van der Waals surface area contributed by atoms with Gasteiger partial charge in [-0.15, -0.1) is 0 Å². The molecule has 0 aromatic heterocycles. The zero-order valence-electron chi connectivity index (χ0n) is 13.1. The highest BCUT2D eigenvalue weighted by Gasteiger charge is 2.48. The maximum Gasteiger partial charge on any atom is 0.0279 e. The van der Waals surface area contributed by atoms with E-state index in [0.29, 0.717) is 11.5 Å². The Bertz CT molecular complexity index is 270. The Morgan fingerprint density at radius 3 is 2.22 bits per heavy atom. The predicted molar refractivity (Wildman–Crippen MR) is 78.9 cm³/mol. The molecule has 0 N–H and O–H groups in total. The van der Waals surface area contributed by atoms with E-state index in [4.69, 9.17) is 0 Å². The first-order valence-electron chi connectivity index (χ1n) is 8.04. The molecular formula is C16H32N2. The largest absolute Gasteiger partial charge is 0.299 e. The molecule has 3 aliphatic heterocycles. The van der Waals surface area contributed by atoms with Crippen molar-refractivity contribution in [2.75, 3.05) is 26.2 Å². The van der Waals surface area contributed by atoms with Gasteiger partial charge < -0.3 is 0 Å². The van der Waals surface area contributed by atoms with Crippen LogP contribution in [0, 0.1) is 11.3 Å². The maximum atomic E-state index is 2.78. The van der Waals surface area contributed by atoms with Crippen molar-refractivity contribution in [1.29, 1.82) is 0 Å². The third-order valence-corrected chi connectivity index (χ3v) is 5.78. The third kappa shape index (κ3) is 2.34. The highest BCUT2D eigenvalue weighted by molar-refractivity contribution is 5.02. The summed E-state index contributed by atoms with van der Waals surface area (Å²) < 4.78 is 0. The van der Waals surface area contributed by atoms with E-state index >= 15 is 0 Å². The average molecular weight is 252 g/mol. The molecule has 3 heterocycles. The third-order valence-electron chi connectivity index (χ3n) is 5.78. The minimum absolute atomic E-state index is 0.586. The molecule has 0 aromatic carbocycles. The van der Waals surface area contributed by atoms with Gasteiger partial charge in [-0.2, -0.15) is 0 Å². The van der Waals surface area contributed by atoms with Gasteiger partial charge in [0.1, 0.15) is 0 Å². The van der Waals surface area contributed by atoms with E-state index in [2.05, 4.69) is 44.4 Å². The molecule has 0 spiro atoms. The number of nitrogens with zero attached hydrogens (tertiary/aromatic N) is 2. The van der Waals surface area contributed by atoms with Gasteiger partial charge >= 0.3 is 0 Å². The Labute approximate surface area is 114 Å². The second-order valence-corrected chi connectivity index (χ2v) is 6.79. The fourth-order valence-corrected chi connectivity index (χ4v) is 4.46. The molecule has 0 radical (unpaired) electrons. The van der Waals surface area contributed by atoms with Crippen LogP contribution in [0.25, 0.3) is 0 Å². The van der Waals surface area contributed by atoms with Crippen LogP contribution in [0.4, 0.5) is 0 Å². The smallest absolute Gasteiger partial charge is 0.0279 e. The molecule has 2 bridgehead atoms. The average Bonchev–Trinajstić information content (AvgIpc) is 2.66. The number of rotatable bonds is 4. The minimum Gasteiger partial charge on any atom is -0.299 e. The lowest BCUT2D eigenvalue weighted by atomic mass is 9.67. The van der Waals surface area contributed by atoms with Crippen LogP contribution in [0.2, 0.25) is 0 Å². The summed E-state index contributed by atoms with van der Waals surface area (Å²) in [6, 6.07) is 1.50. The molecule has 106 valence electrons. The Morgan fingerprint density at radius 2 is 1.72 bits per heavy atom. The Morgan fingerprint density at radius 1 is 1.06 bits per heavy atom. The van der Waals surface area contributed by atoms with E-state index in [0.717, 1.165) is 12.0 Å². The van der Waals surface area contributed by atoms with Gasteiger partial charge in [0, 0.05) is 31.7 Å². The molecule has 0 aromatic rings. The summed E-state index contributed by atoms with van der Waals surface area (Å²) >= 11 is 0. The van der Waals surface area contributed by atoms with E-state index < -0.39 is 0 Å². The quantitative estimate of drug-likeness (QED) is 0.758. The van der Waals surface area contributed by atoms with Gasteiger partial charge in [0.15, 0.2) is 0 Å². The van der Waals surface area contributed by atoms with Crippen molar-refractivity contribution in [3.05, 3.63) is 0 Å². The van der Waals surface area contributed by atoms with E-state index in [1.165, 1.54) is 45.4 Å². The normalized spacial score (nSPS) is 33.0. The van der Waals surface area contributed by atoms with Gasteiger partial charge in [-0.25, -0.2) is 0 Å². The first kappa shape index (κ1) is 14.3. The van der Waals surface area contributed by atoms with Crippen molar-refractivity contribution < 1.29 is 0 Å². The molecule has 2 heteroatoms. The van der Waals surface area contributed by atoms with Gasteiger partial charge in [0.2, 0.25) is 0 Å². The molecule has 0 aliphatic carbocycles. The lowest BCUT2D eigenvalue weighted by Gasteiger charge is -2.50. The van der Waals surface area contributed by atoms with Crippen molar-refractivity contribution >= 4 is 0 Å². The Hall–Kier alpha value is -0.0800. The van der Waals surface area contributed by atoms with Crippen LogP contribution in [0.5, 0.6) is 0 Å². The van der Waals surface area contributed by atoms with E-state index in [-0.39, 0.29) is 0 Å². The van der Waals surface area contributed by atoms with Crippen molar-refractivity contribution in [3.8, 4) is 0 Å². The van der Waals surface area contributed by atoms with Crippen LogP contribution >= 0.6 is 0 Å². The van der Waals surface area contributed by atoms with Crippen LogP contribution in [0.3, 0.4) is 0 Å². The minimum atomic E-state index is 0.586. The predicted octanol–water partition coefficient (Wildman–Crippen LogP) is 3.23. The molecule has 0 amide bonds. The van der Waals surface area contributed by atoms with Crippen LogP contribution < -0.4 is 0 Å². The Balaban J connectivity index is 2.29. The summed E-state index contributed by atoms with van der Waals surface area (Å²) in [4.78, 5) is 5.52. The van der Waals surface area contributed by atoms with Crippen molar-refractivity contribution in [3.63, 3.8) is 0 Å². The fraction of sp³-hybridized carbons (Fsp3) is 1.00. The molecule has 3 saturated heterocycles. The molecule has 2 atom stereocenters. The van der Waals surface area contributed by atoms with E-state index in [1.54, 1.807) is 0 Å². The highest BCUT2D eigenvalue weighted by Crippen LogP contribution is 2.46. The molecule has 3 aliphatic rings. The number of hydrogen-bond donors (Lipinski definition) is 0. The van der Waals surface area contributed by atoms with Crippen LogP contribution in [0.15, 0.2) is 0 Å². The summed E-state index contributed by atoms with van der Waals surface area (Å²) in [5, 5.41) is 0. The van der Waals surface area contributed by atoms with Gasteiger partial charge in [-0.3, -0.25) is 9.80 Å². The zero-order valence-corrected chi connectivity index (χ0v) is 13.1. The van der Waals surface area contributed by atoms with Gasteiger partial charge in [0.25, 0.3) is 0 Å². The van der Waals surface area contributed by atoms with Gasteiger partial charge in [-0.1, -0.05) is 20.8 Å². The van der Waals surface area contributed by atoms with Crippen LogP contribution in [0.1, 0.15) is 53.9 Å². The zero-order chi connectivity index (χ0) is 13.3. The number of piperidine rings is 1. The van der Waals surface area contributed by atoms with E-state index in [9.17, 15) is 0 Å². The van der Waals surface area contributed by atoms with Crippen LogP contribution in [-0.4, -0.2) is 48.1 Å². The topological polar surface area (TPSA) is 6.48 Å². The second kappa shape index (κ2) is 5.50. The first-order chi connectivity index (χ1) is 8.56. The molecule has 2 nitrogen and oxygen atoms in total. The fourth-order valence-electron chi connectivity index (χ4n) is 4.46. The monoisotopic (exact) mass is 252 g/mol. The lowest BCUT2D eigenvalue weighted by Crippen LogP contribution is -2.55. The molecule has 2 unspecified atom stereocenters. The molecular weight excluding hydrogens is 220 g/mol. The maximum absolute atomic E-state index is 2.78. The number of likely N-dealkylation sites (N-methyl/N-ethyl adjacent to an activating group) is 1. The first-order valence-corrected chi connectivity index (χ1v) is 8.04.